The zero-order valence-electron chi connectivity index (χ0n) is 15.6. The average molecular weight is 456 g/mol. The molecule has 0 bridgehead atoms. The van der Waals surface area contributed by atoms with Gasteiger partial charge >= 0.3 is 0 Å². The molecule has 0 spiro atoms. The number of likely N-dealkylation sites (tertiary alicyclic amines) is 1. The van der Waals surface area contributed by atoms with Crippen molar-refractivity contribution in [2.24, 2.45) is 4.99 Å². The Balaban J connectivity index is 0.00000225. The van der Waals surface area contributed by atoms with Gasteiger partial charge in [-0.3, -0.25) is 4.90 Å². The third-order valence-corrected chi connectivity index (χ3v) is 5.25. The molecule has 1 atom stereocenters. The van der Waals surface area contributed by atoms with E-state index in [1.54, 1.807) is 0 Å². The second-order valence-electron chi connectivity index (χ2n) is 7.25. The van der Waals surface area contributed by atoms with Gasteiger partial charge in [-0.25, -0.2) is 4.99 Å². The molecule has 5 heteroatoms. The minimum Gasteiger partial charge on any atom is -0.357 e. The van der Waals surface area contributed by atoms with E-state index in [2.05, 4.69) is 53.6 Å². The second-order valence-corrected chi connectivity index (χ2v) is 7.25. The van der Waals surface area contributed by atoms with Crippen LogP contribution in [0.1, 0.15) is 50.2 Å². The first kappa shape index (κ1) is 20.5. The molecule has 25 heavy (non-hydrogen) atoms. The summed E-state index contributed by atoms with van der Waals surface area (Å²) in [4.78, 5) is 7.48. The smallest absolute Gasteiger partial charge is 0.191 e. The largest absolute Gasteiger partial charge is 0.357 e. The van der Waals surface area contributed by atoms with Gasteiger partial charge in [-0.2, -0.15) is 0 Å². The Morgan fingerprint density at radius 2 is 2.04 bits per heavy atom. The summed E-state index contributed by atoms with van der Waals surface area (Å²) in [6, 6.07) is 9.97. The van der Waals surface area contributed by atoms with Crippen molar-refractivity contribution in [1.82, 2.24) is 15.5 Å². The molecule has 1 aliphatic heterocycles. The fourth-order valence-corrected chi connectivity index (χ4v) is 4.00. The quantitative estimate of drug-likeness (QED) is 0.404. The molecule has 1 aromatic carbocycles. The Labute approximate surface area is 169 Å². The van der Waals surface area contributed by atoms with E-state index in [9.17, 15) is 0 Å². The Kier molecular flexibility index (Phi) is 8.49. The van der Waals surface area contributed by atoms with E-state index in [4.69, 9.17) is 4.99 Å². The summed E-state index contributed by atoms with van der Waals surface area (Å²) in [5, 5.41) is 7.05. The number of aliphatic imine (C=N–C) groups is 1. The molecule has 2 fully saturated rings. The minimum atomic E-state index is 0. The molecule has 140 valence electrons. The third kappa shape index (κ3) is 6.13. The van der Waals surface area contributed by atoms with Gasteiger partial charge in [-0.15, -0.1) is 24.0 Å². The summed E-state index contributed by atoms with van der Waals surface area (Å²) in [5.41, 5.74) is 2.56. The first-order chi connectivity index (χ1) is 11.7. The summed E-state index contributed by atoms with van der Waals surface area (Å²) in [6.07, 6.45) is 6.85. The van der Waals surface area contributed by atoms with Gasteiger partial charge in [0.15, 0.2) is 5.96 Å². The highest BCUT2D eigenvalue weighted by Crippen LogP contribution is 2.26. The maximum atomic E-state index is 4.79. The number of guanidine groups is 1. The van der Waals surface area contributed by atoms with E-state index < -0.39 is 0 Å². The summed E-state index contributed by atoms with van der Waals surface area (Å²) < 4.78 is 0. The van der Waals surface area contributed by atoms with Crippen LogP contribution < -0.4 is 10.6 Å². The molecule has 0 aromatic heterocycles. The number of hydrogen-bond donors (Lipinski definition) is 2. The number of rotatable bonds is 5. The van der Waals surface area contributed by atoms with Crippen molar-refractivity contribution < 1.29 is 0 Å². The van der Waals surface area contributed by atoms with Crippen molar-refractivity contribution in [3.05, 3.63) is 35.4 Å². The van der Waals surface area contributed by atoms with Crippen LogP contribution in [0.3, 0.4) is 0 Å². The summed E-state index contributed by atoms with van der Waals surface area (Å²) in [6.45, 7) is 8.30. The van der Waals surface area contributed by atoms with Crippen LogP contribution in [-0.4, -0.2) is 42.6 Å². The number of aryl methyl sites for hydroxylation is 1. The predicted octanol–water partition coefficient (Wildman–Crippen LogP) is 3.69. The topological polar surface area (TPSA) is 39.7 Å². The maximum absolute atomic E-state index is 4.79. The van der Waals surface area contributed by atoms with Crippen LogP contribution in [0.15, 0.2) is 29.3 Å². The predicted molar refractivity (Wildman–Crippen MR) is 117 cm³/mol. The van der Waals surface area contributed by atoms with Crippen LogP contribution in [-0.2, 0) is 6.54 Å². The van der Waals surface area contributed by atoms with Gasteiger partial charge in [-0.1, -0.05) is 42.7 Å². The second kappa shape index (κ2) is 10.4. The number of halogens is 1. The molecule has 1 saturated heterocycles. The van der Waals surface area contributed by atoms with Crippen molar-refractivity contribution in [2.75, 3.05) is 19.6 Å². The van der Waals surface area contributed by atoms with E-state index in [1.165, 1.54) is 56.3 Å². The first-order valence-corrected chi connectivity index (χ1v) is 9.59. The SMILES string of the molecule is CCNC(=NCc1cccc(C)c1)NC1CCN(C2CCCC2)C1.I. The van der Waals surface area contributed by atoms with Crippen molar-refractivity contribution in [2.45, 2.75) is 64.6 Å². The van der Waals surface area contributed by atoms with Gasteiger partial charge < -0.3 is 10.6 Å². The molecule has 3 rings (SSSR count). The zero-order chi connectivity index (χ0) is 16.8. The lowest BCUT2D eigenvalue weighted by molar-refractivity contribution is 0.242. The molecule has 1 unspecified atom stereocenters. The molecule has 4 nitrogen and oxygen atoms in total. The van der Waals surface area contributed by atoms with E-state index in [0.717, 1.165) is 25.1 Å². The van der Waals surface area contributed by atoms with Crippen molar-refractivity contribution in [3.63, 3.8) is 0 Å². The van der Waals surface area contributed by atoms with E-state index in [-0.39, 0.29) is 24.0 Å². The van der Waals surface area contributed by atoms with E-state index >= 15 is 0 Å². The van der Waals surface area contributed by atoms with Crippen LogP contribution in [0.4, 0.5) is 0 Å². The summed E-state index contributed by atoms with van der Waals surface area (Å²) in [5.74, 6) is 0.956. The fourth-order valence-electron chi connectivity index (χ4n) is 4.00. The maximum Gasteiger partial charge on any atom is 0.191 e. The lowest BCUT2D eigenvalue weighted by atomic mass is 10.1. The number of nitrogens with one attached hydrogen (secondary N) is 2. The fraction of sp³-hybridized carbons (Fsp3) is 0.650. The third-order valence-electron chi connectivity index (χ3n) is 5.25. The minimum absolute atomic E-state index is 0. The molecule has 0 amide bonds. The highest BCUT2D eigenvalue weighted by atomic mass is 127. The van der Waals surface area contributed by atoms with Crippen molar-refractivity contribution in [3.8, 4) is 0 Å². The van der Waals surface area contributed by atoms with Gasteiger partial charge in [0.1, 0.15) is 0 Å². The van der Waals surface area contributed by atoms with Gasteiger partial charge in [0, 0.05) is 31.7 Å². The molecule has 1 aliphatic carbocycles. The van der Waals surface area contributed by atoms with E-state index in [1.807, 2.05) is 0 Å². The highest BCUT2D eigenvalue weighted by molar-refractivity contribution is 14.0. The summed E-state index contributed by atoms with van der Waals surface area (Å²) >= 11 is 0. The Bertz CT molecular complexity index is 554. The lowest BCUT2D eigenvalue weighted by Crippen LogP contribution is -2.45. The van der Waals surface area contributed by atoms with Crippen LogP contribution in [0.2, 0.25) is 0 Å². The Hall–Kier alpha value is -0.820. The zero-order valence-corrected chi connectivity index (χ0v) is 18.0. The van der Waals surface area contributed by atoms with Crippen molar-refractivity contribution in [1.29, 1.82) is 0 Å². The molecular formula is C20H33IN4. The molecule has 1 saturated carbocycles. The summed E-state index contributed by atoms with van der Waals surface area (Å²) in [7, 11) is 0. The van der Waals surface area contributed by atoms with E-state index in [0.29, 0.717) is 6.04 Å². The molecule has 1 heterocycles. The molecular weight excluding hydrogens is 423 g/mol. The number of nitrogens with zero attached hydrogens (tertiary/aromatic N) is 2. The van der Waals surface area contributed by atoms with Gasteiger partial charge in [-0.05, 0) is 38.7 Å². The number of hydrogen-bond acceptors (Lipinski definition) is 2. The average Bonchev–Trinajstić information content (AvgIpc) is 3.24. The Morgan fingerprint density at radius 3 is 2.76 bits per heavy atom. The van der Waals surface area contributed by atoms with Gasteiger partial charge in [0.2, 0.25) is 0 Å². The normalized spacial score (nSPS) is 22.0. The molecule has 2 N–H and O–H groups in total. The standard InChI is InChI=1S/C20H32N4.HI/c1-3-21-20(22-14-17-8-6-7-16(2)13-17)23-18-11-12-24(15-18)19-9-4-5-10-19;/h6-8,13,18-19H,3-5,9-12,14-15H2,1-2H3,(H2,21,22,23);1H. The van der Waals surface area contributed by atoms with Crippen LogP contribution in [0.25, 0.3) is 0 Å². The van der Waals surface area contributed by atoms with Crippen LogP contribution in [0, 0.1) is 6.92 Å². The number of benzene rings is 1. The first-order valence-electron chi connectivity index (χ1n) is 9.59. The van der Waals surface area contributed by atoms with Crippen molar-refractivity contribution >= 4 is 29.9 Å². The van der Waals surface area contributed by atoms with Crippen LogP contribution in [0.5, 0.6) is 0 Å². The molecule has 1 aromatic rings. The van der Waals surface area contributed by atoms with Gasteiger partial charge in [0.25, 0.3) is 0 Å². The van der Waals surface area contributed by atoms with Gasteiger partial charge in [0.05, 0.1) is 6.54 Å². The Morgan fingerprint density at radius 1 is 1.24 bits per heavy atom. The molecule has 2 aliphatic rings. The lowest BCUT2D eigenvalue weighted by Gasteiger charge is -2.24. The monoisotopic (exact) mass is 456 g/mol. The molecule has 0 radical (unpaired) electrons. The van der Waals surface area contributed by atoms with Crippen LogP contribution >= 0.6 is 24.0 Å². The highest BCUT2D eigenvalue weighted by Gasteiger charge is 2.30.